The van der Waals surface area contributed by atoms with Crippen molar-refractivity contribution in [3.8, 4) is 5.75 Å². The van der Waals surface area contributed by atoms with Gasteiger partial charge in [-0.25, -0.2) is 4.79 Å². The summed E-state index contributed by atoms with van der Waals surface area (Å²) in [4.78, 5) is 11.2. The lowest BCUT2D eigenvalue weighted by atomic mass is 10.1. The van der Waals surface area contributed by atoms with Gasteiger partial charge in [-0.1, -0.05) is 0 Å². The molecule has 1 heterocycles. The van der Waals surface area contributed by atoms with Crippen LogP contribution in [-0.2, 0) is 4.74 Å². The van der Waals surface area contributed by atoms with Crippen LogP contribution in [0.4, 0.5) is 5.69 Å². The Bertz CT molecular complexity index is 441. The minimum absolute atomic E-state index is 0.154. The number of methoxy groups -OCH3 is 1. The molecule has 1 aromatic carbocycles. The van der Waals surface area contributed by atoms with Gasteiger partial charge in [-0.05, 0) is 31.4 Å². The first kappa shape index (κ1) is 13.7. The van der Waals surface area contributed by atoms with E-state index in [0.29, 0.717) is 18.0 Å². The normalized spacial score (nSPS) is 18.9. The van der Waals surface area contributed by atoms with Crippen molar-refractivity contribution >= 4 is 11.7 Å². The number of hydrogen-bond donors (Lipinski definition) is 2. The van der Waals surface area contributed by atoms with Crippen LogP contribution in [-0.4, -0.2) is 37.4 Å². The lowest BCUT2D eigenvalue weighted by Gasteiger charge is -2.23. The summed E-state index contributed by atoms with van der Waals surface area (Å²) >= 11 is 0. The highest BCUT2D eigenvalue weighted by Gasteiger charge is 2.16. The lowest BCUT2D eigenvalue weighted by Crippen LogP contribution is -2.27. The molecular formula is C14H19NO4. The molecule has 0 aromatic heterocycles. The number of benzene rings is 1. The molecule has 1 aromatic rings. The van der Waals surface area contributed by atoms with Crippen LogP contribution in [0.5, 0.6) is 5.75 Å². The summed E-state index contributed by atoms with van der Waals surface area (Å²) in [5, 5.41) is 12.3. The fourth-order valence-electron chi connectivity index (χ4n) is 2.18. The monoisotopic (exact) mass is 265 g/mol. The van der Waals surface area contributed by atoms with Crippen molar-refractivity contribution in [3.63, 3.8) is 0 Å². The van der Waals surface area contributed by atoms with E-state index in [9.17, 15) is 4.79 Å². The second-order valence-corrected chi connectivity index (χ2v) is 4.59. The number of carboxylic acid groups (broad SMARTS) is 1. The van der Waals surface area contributed by atoms with E-state index < -0.39 is 5.97 Å². The molecule has 0 bridgehead atoms. The van der Waals surface area contributed by atoms with Gasteiger partial charge in [-0.3, -0.25) is 0 Å². The van der Waals surface area contributed by atoms with Gasteiger partial charge in [-0.15, -0.1) is 0 Å². The van der Waals surface area contributed by atoms with Crippen molar-refractivity contribution in [1.82, 2.24) is 0 Å². The highest BCUT2D eigenvalue weighted by atomic mass is 16.5. The summed E-state index contributed by atoms with van der Waals surface area (Å²) in [5.74, 6) is -0.313. The van der Waals surface area contributed by atoms with Crippen LogP contribution in [0.2, 0.25) is 0 Å². The van der Waals surface area contributed by atoms with Gasteiger partial charge in [0.15, 0.2) is 0 Å². The topological polar surface area (TPSA) is 67.8 Å². The van der Waals surface area contributed by atoms with Gasteiger partial charge >= 0.3 is 5.97 Å². The van der Waals surface area contributed by atoms with Gasteiger partial charge in [0.1, 0.15) is 5.75 Å². The van der Waals surface area contributed by atoms with E-state index in [-0.39, 0.29) is 11.7 Å². The Morgan fingerprint density at radius 3 is 3.00 bits per heavy atom. The third-order valence-electron chi connectivity index (χ3n) is 3.25. The van der Waals surface area contributed by atoms with E-state index in [4.69, 9.17) is 14.6 Å². The van der Waals surface area contributed by atoms with Crippen molar-refractivity contribution in [2.24, 2.45) is 0 Å². The number of ether oxygens (including phenoxy) is 2. The summed E-state index contributed by atoms with van der Waals surface area (Å²) in [7, 11) is 1.56. The number of carboxylic acids is 1. The number of nitrogens with one attached hydrogen (secondary N) is 1. The zero-order chi connectivity index (χ0) is 13.7. The van der Waals surface area contributed by atoms with E-state index in [0.717, 1.165) is 25.9 Å². The Kier molecular flexibility index (Phi) is 4.63. The van der Waals surface area contributed by atoms with Crippen molar-refractivity contribution in [2.75, 3.05) is 25.6 Å². The zero-order valence-electron chi connectivity index (χ0n) is 11.0. The van der Waals surface area contributed by atoms with E-state index in [1.807, 2.05) is 0 Å². The summed E-state index contributed by atoms with van der Waals surface area (Å²) in [6.07, 6.45) is 3.44. The van der Waals surface area contributed by atoms with Crippen molar-refractivity contribution < 1.29 is 19.4 Å². The van der Waals surface area contributed by atoms with Gasteiger partial charge in [-0.2, -0.15) is 0 Å². The highest BCUT2D eigenvalue weighted by molar-refractivity contribution is 5.94. The van der Waals surface area contributed by atoms with Crippen LogP contribution < -0.4 is 10.1 Å². The predicted octanol–water partition coefficient (Wildman–Crippen LogP) is 2.37. The number of anilines is 1. The Morgan fingerprint density at radius 2 is 2.37 bits per heavy atom. The second kappa shape index (κ2) is 6.43. The maximum atomic E-state index is 11.2. The lowest BCUT2D eigenvalue weighted by molar-refractivity contribution is 0.0247. The van der Waals surface area contributed by atoms with Crippen molar-refractivity contribution in [2.45, 2.75) is 25.4 Å². The maximum Gasteiger partial charge on any atom is 0.337 e. The molecule has 0 saturated carbocycles. The molecule has 5 heteroatoms. The van der Waals surface area contributed by atoms with Crippen LogP contribution >= 0.6 is 0 Å². The Hall–Kier alpha value is -1.75. The minimum atomic E-state index is -0.949. The molecule has 104 valence electrons. The molecule has 0 radical (unpaired) electrons. The molecule has 1 aliphatic heterocycles. The molecule has 5 nitrogen and oxygen atoms in total. The van der Waals surface area contributed by atoms with Crippen molar-refractivity contribution in [3.05, 3.63) is 23.8 Å². The van der Waals surface area contributed by atoms with E-state index in [2.05, 4.69) is 5.32 Å². The third-order valence-corrected chi connectivity index (χ3v) is 3.25. The second-order valence-electron chi connectivity index (χ2n) is 4.59. The molecule has 0 spiro atoms. The molecule has 1 atom stereocenters. The summed E-state index contributed by atoms with van der Waals surface area (Å²) in [6, 6.07) is 4.89. The predicted molar refractivity (Wildman–Crippen MR) is 72.0 cm³/mol. The largest absolute Gasteiger partial charge is 0.497 e. The summed E-state index contributed by atoms with van der Waals surface area (Å²) in [6.45, 7) is 1.41. The number of aromatic carboxylic acids is 1. The first-order valence-electron chi connectivity index (χ1n) is 6.47. The quantitative estimate of drug-likeness (QED) is 0.855. The summed E-state index contributed by atoms with van der Waals surface area (Å²) < 4.78 is 10.7. The molecule has 1 unspecified atom stereocenters. The van der Waals surface area contributed by atoms with Crippen LogP contribution in [0.1, 0.15) is 29.6 Å². The zero-order valence-corrected chi connectivity index (χ0v) is 11.0. The Morgan fingerprint density at radius 1 is 1.53 bits per heavy atom. The van der Waals surface area contributed by atoms with E-state index in [1.165, 1.54) is 0 Å². The average Bonchev–Trinajstić information content (AvgIpc) is 2.45. The molecule has 2 N–H and O–H groups in total. The number of rotatable bonds is 5. The molecule has 1 aliphatic rings. The molecule has 1 fully saturated rings. The fourth-order valence-corrected chi connectivity index (χ4v) is 2.18. The minimum Gasteiger partial charge on any atom is -0.497 e. The standard InChI is InChI=1S/C14H19NO4/c1-18-10-5-6-12(14(16)17)13(8-10)15-9-11-4-2-3-7-19-11/h5-6,8,11,15H,2-4,7,9H2,1H3,(H,16,17). The van der Waals surface area contributed by atoms with Crippen LogP contribution in [0.3, 0.4) is 0 Å². The van der Waals surface area contributed by atoms with Crippen LogP contribution in [0.15, 0.2) is 18.2 Å². The SMILES string of the molecule is COc1ccc(C(=O)O)c(NCC2CCCCO2)c1. The average molecular weight is 265 g/mol. The van der Waals surface area contributed by atoms with Crippen LogP contribution in [0.25, 0.3) is 0 Å². The van der Waals surface area contributed by atoms with E-state index >= 15 is 0 Å². The van der Waals surface area contributed by atoms with Gasteiger partial charge in [0, 0.05) is 19.2 Å². The molecule has 2 rings (SSSR count). The first-order valence-corrected chi connectivity index (χ1v) is 6.47. The van der Waals surface area contributed by atoms with Gasteiger partial charge < -0.3 is 19.9 Å². The number of carbonyl (C=O) groups is 1. The smallest absolute Gasteiger partial charge is 0.337 e. The molecule has 0 amide bonds. The molecular weight excluding hydrogens is 246 g/mol. The van der Waals surface area contributed by atoms with Crippen LogP contribution in [0, 0.1) is 0 Å². The van der Waals surface area contributed by atoms with E-state index in [1.54, 1.807) is 25.3 Å². The first-order chi connectivity index (χ1) is 9.20. The van der Waals surface area contributed by atoms with Gasteiger partial charge in [0.2, 0.25) is 0 Å². The number of hydrogen-bond acceptors (Lipinski definition) is 4. The maximum absolute atomic E-state index is 11.2. The van der Waals surface area contributed by atoms with Gasteiger partial charge in [0.25, 0.3) is 0 Å². The Balaban J connectivity index is 2.06. The van der Waals surface area contributed by atoms with Gasteiger partial charge in [0.05, 0.1) is 24.5 Å². The highest BCUT2D eigenvalue weighted by Crippen LogP contribution is 2.23. The van der Waals surface area contributed by atoms with Crippen molar-refractivity contribution in [1.29, 1.82) is 0 Å². The summed E-state index contributed by atoms with van der Waals surface area (Å²) in [5.41, 5.74) is 0.817. The Labute approximate surface area is 112 Å². The molecule has 1 saturated heterocycles. The molecule has 19 heavy (non-hydrogen) atoms. The fraction of sp³-hybridized carbons (Fsp3) is 0.500. The molecule has 0 aliphatic carbocycles. The third kappa shape index (κ3) is 3.61.